The van der Waals surface area contributed by atoms with Crippen molar-refractivity contribution in [2.45, 2.75) is 9.79 Å². The Morgan fingerprint density at radius 2 is 1.04 bits per heavy atom. The van der Waals surface area contributed by atoms with E-state index in [9.17, 15) is 18.0 Å². The molecule has 2 aromatic carbocycles. The summed E-state index contributed by atoms with van der Waals surface area (Å²) in [6.07, 6.45) is 0. The Bertz CT molecular complexity index is 795. The maximum atomic E-state index is 12.6. The third-order valence-corrected chi connectivity index (χ3v) is 5.05. The van der Waals surface area contributed by atoms with Gasteiger partial charge in [-0.2, -0.15) is 0 Å². The van der Waals surface area contributed by atoms with Crippen LogP contribution in [-0.2, 0) is 19.4 Å². The lowest BCUT2D eigenvalue weighted by Gasteiger charge is -2.08. The lowest BCUT2D eigenvalue weighted by atomic mass is 10.3. The Morgan fingerprint density at radius 3 is 1.32 bits per heavy atom. The molecule has 0 unspecified atom stereocenters. The van der Waals surface area contributed by atoms with Crippen LogP contribution in [0.2, 0.25) is 0 Å². The molecule has 0 saturated heterocycles. The van der Waals surface area contributed by atoms with E-state index in [1.54, 1.807) is 0 Å². The average Bonchev–Trinajstić information content (AvgIpc) is 2.62. The van der Waals surface area contributed by atoms with Gasteiger partial charge < -0.3 is 22.1 Å². The number of nitrogens with two attached hydrogens (primary N) is 2. The number of amides is 2. The minimum absolute atomic E-state index is 0.0805. The fourth-order valence-electron chi connectivity index (χ4n) is 1.99. The Balaban J connectivity index is 2.20. The van der Waals surface area contributed by atoms with E-state index in [4.69, 9.17) is 11.5 Å². The second-order valence-corrected chi connectivity index (χ2v) is 7.01. The highest BCUT2D eigenvalue weighted by molar-refractivity contribution is 7.91. The van der Waals surface area contributed by atoms with Crippen LogP contribution in [0.1, 0.15) is 0 Å². The van der Waals surface area contributed by atoms with Gasteiger partial charge in [-0.25, -0.2) is 8.42 Å². The molecular weight excluding hydrogens is 344 g/mol. The monoisotopic (exact) mass is 362 g/mol. The topological polar surface area (TPSA) is 144 Å². The van der Waals surface area contributed by atoms with E-state index < -0.39 is 9.84 Å². The van der Waals surface area contributed by atoms with E-state index in [2.05, 4.69) is 10.6 Å². The summed E-state index contributed by atoms with van der Waals surface area (Å²) in [6.45, 7) is -0.319. The molecule has 0 radical (unpaired) electrons. The van der Waals surface area contributed by atoms with Crippen LogP contribution in [0.25, 0.3) is 0 Å². The zero-order valence-electron chi connectivity index (χ0n) is 13.2. The minimum Gasteiger partial charge on any atom is -0.325 e. The zero-order chi connectivity index (χ0) is 18.4. The molecule has 0 aliphatic carbocycles. The van der Waals surface area contributed by atoms with Crippen molar-refractivity contribution in [3.05, 3.63) is 48.5 Å². The van der Waals surface area contributed by atoms with Gasteiger partial charge in [0, 0.05) is 11.4 Å². The van der Waals surface area contributed by atoms with E-state index >= 15 is 0 Å². The molecule has 0 aromatic heterocycles. The Hall–Kier alpha value is -2.75. The number of carbonyl (C=O) groups excluding carboxylic acids is 2. The standard InChI is InChI=1S/C16H18N4O4S/c17-9-15(21)19-11-1-5-13(6-2-11)25(23,24)14-7-3-12(4-8-14)20-16(22)10-18/h1-8H,9-10,17-18H2,(H,19,21)(H,20,22). The van der Waals surface area contributed by atoms with Crippen molar-refractivity contribution in [3.8, 4) is 0 Å². The molecule has 8 nitrogen and oxygen atoms in total. The summed E-state index contributed by atoms with van der Waals surface area (Å²) in [6, 6.07) is 11.5. The van der Waals surface area contributed by atoms with Crippen molar-refractivity contribution in [1.29, 1.82) is 0 Å². The van der Waals surface area contributed by atoms with Gasteiger partial charge in [0.1, 0.15) is 0 Å². The quantitative estimate of drug-likeness (QED) is 0.582. The van der Waals surface area contributed by atoms with Crippen molar-refractivity contribution in [2.24, 2.45) is 11.5 Å². The van der Waals surface area contributed by atoms with Gasteiger partial charge in [0.05, 0.1) is 22.9 Å². The summed E-state index contributed by atoms with van der Waals surface area (Å²) in [5.41, 5.74) is 11.3. The van der Waals surface area contributed by atoms with Gasteiger partial charge in [0.2, 0.25) is 21.7 Å². The SMILES string of the molecule is NCC(=O)Nc1ccc(S(=O)(=O)c2ccc(NC(=O)CN)cc2)cc1. The van der Waals surface area contributed by atoms with E-state index in [1.165, 1.54) is 48.5 Å². The van der Waals surface area contributed by atoms with E-state index in [0.29, 0.717) is 11.4 Å². The molecule has 0 aliphatic heterocycles. The molecule has 2 aromatic rings. The Morgan fingerprint density at radius 1 is 0.720 bits per heavy atom. The van der Waals surface area contributed by atoms with Crippen LogP contribution in [0.3, 0.4) is 0 Å². The molecule has 9 heteroatoms. The number of hydrogen-bond acceptors (Lipinski definition) is 6. The molecule has 0 fully saturated rings. The van der Waals surface area contributed by atoms with Crippen LogP contribution in [0.5, 0.6) is 0 Å². The highest BCUT2D eigenvalue weighted by Gasteiger charge is 2.17. The number of benzene rings is 2. The van der Waals surface area contributed by atoms with Crippen LogP contribution < -0.4 is 22.1 Å². The summed E-state index contributed by atoms with van der Waals surface area (Å²) in [5.74, 6) is -0.739. The predicted molar refractivity (Wildman–Crippen MR) is 93.7 cm³/mol. The first-order valence-electron chi connectivity index (χ1n) is 7.32. The summed E-state index contributed by atoms with van der Waals surface area (Å²) in [4.78, 5) is 22.6. The van der Waals surface area contributed by atoms with Gasteiger partial charge >= 0.3 is 0 Å². The smallest absolute Gasteiger partial charge is 0.238 e. The second kappa shape index (κ2) is 7.88. The van der Waals surface area contributed by atoms with Crippen LogP contribution in [0.15, 0.2) is 58.3 Å². The molecule has 6 N–H and O–H groups in total. The molecule has 0 bridgehead atoms. The molecule has 132 valence electrons. The van der Waals surface area contributed by atoms with Crippen LogP contribution >= 0.6 is 0 Å². The highest BCUT2D eigenvalue weighted by atomic mass is 32.2. The summed E-state index contributed by atoms with van der Waals surface area (Å²) in [5, 5.41) is 5.06. The van der Waals surface area contributed by atoms with Gasteiger partial charge in [0.25, 0.3) is 0 Å². The van der Waals surface area contributed by atoms with Gasteiger partial charge in [-0.05, 0) is 48.5 Å². The molecule has 2 rings (SSSR count). The van der Waals surface area contributed by atoms with Crippen LogP contribution in [-0.4, -0.2) is 33.3 Å². The van der Waals surface area contributed by atoms with E-state index in [-0.39, 0.29) is 34.7 Å². The van der Waals surface area contributed by atoms with Crippen molar-refractivity contribution in [1.82, 2.24) is 0 Å². The Kier molecular flexibility index (Phi) is 5.86. The third-order valence-electron chi connectivity index (χ3n) is 3.27. The molecule has 2 amide bonds. The second-order valence-electron chi connectivity index (χ2n) is 5.06. The molecule has 0 spiro atoms. The van der Waals surface area contributed by atoms with Crippen LogP contribution in [0, 0.1) is 0 Å². The average molecular weight is 362 g/mol. The molecular formula is C16H18N4O4S. The lowest BCUT2D eigenvalue weighted by Crippen LogP contribution is -2.21. The van der Waals surface area contributed by atoms with Crippen LogP contribution in [0.4, 0.5) is 11.4 Å². The zero-order valence-corrected chi connectivity index (χ0v) is 14.0. The number of carbonyl (C=O) groups is 2. The fourth-order valence-corrected chi connectivity index (χ4v) is 3.26. The van der Waals surface area contributed by atoms with Crippen molar-refractivity contribution in [3.63, 3.8) is 0 Å². The van der Waals surface area contributed by atoms with Crippen molar-refractivity contribution in [2.75, 3.05) is 23.7 Å². The maximum absolute atomic E-state index is 12.6. The number of anilines is 2. The third kappa shape index (κ3) is 4.63. The summed E-state index contributed by atoms with van der Waals surface area (Å²) < 4.78 is 25.2. The molecule has 25 heavy (non-hydrogen) atoms. The van der Waals surface area contributed by atoms with Gasteiger partial charge in [0.15, 0.2) is 0 Å². The first-order chi connectivity index (χ1) is 11.9. The number of sulfone groups is 1. The number of rotatable bonds is 6. The minimum atomic E-state index is -3.72. The summed E-state index contributed by atoms with van der Waals surface area (Å²) >= 11 is 0. The first-order valence-corrected chi connectivity index (χ1v) is 8.80. The lowest BCUT2D eigenvalue weighted by molar-refractivity contribution is -0.115. The number of hydrogen-bond donors (Lipinski definition) is 4. The van der Waals surface area contributed by atoms with E-state index in [1.807, 2.05) is 0 Å². The largest absolute Gasteiger partial charge is 0.325 e. The normalized spacial score (nSPS) is 11.0. The van der Waals surface area contributed by atoms with Gasteiger partial charge in [-0.1, -0.05) is 0 Å². The number of nitrogens with one attached hydrogen (secondary N) is 2. The maximum Gasteiger partial charge on any atom is 0.238 e. The predicted octanol–water partition coefficient (Wildman–Crippen LogP) is 0.314. The summed E-state index contributed by atoms with van der Waals surface area (Å²) in [7, 11) is -3.72. The fraction of sp³-hybridized carbons (Fsp3) is 0.125. The Labute approximate surface area is 145 Å². The first kappa shape index (κ1) is 18.6. The van der Waals surface area contributed by atoms with Crippen molar-refractivity contribution >= 4 is 33.0 Å². The molecule has 0 aliphatic rings. The molecule has 0 saturated carbocycles. The molecule has 0 heterocycles. The van der Waals surface area contributed by atoms with Gasteiger partial charge in [-0.3, -0.25) is 9.59 Å². The highest BCUT2D eigenvalue weighted by Crippen LogP contribution is 2.23. The van der Waals surface area contributed by atoms with Crippen molar-refractivity contribution < 1.29 is 18.0 Å². The van der Waals surface area contributed by atoms with Gasteiger partial charge in [-0.15, -0.1) is 0 Å². The van der Waals surface area contributed by atoms with E-state index in [0.717, 1.165) is 0 Å². The molecule has 0 atom stereocenters.